The minimum Gasteiger partial charge on any atom is -0.351 e. The van der Waals surface area contributed by atoms with E-state index in [1.807, 2.05) is 6.20 Å². The Morgan fingerprint density at radius 1 is 1.06 bits per heavy atom. The van der Waals surface area contributed by atoms with Gasteiger partial charge in [-0.2, -0.15) is 0 Å². The van der Waals surface area contributed by atoms with Gasteiger partial charge in [-0.25, -0.2) is 4.98 Å². The minimum absolute atomic E-state index is 0.259. The molecule has 1 aliphatic carbocycles. The van der Waals surface area contributed by atoms with E-state index in [9.17, 15) is 0 Å². The van der Waals surface area contributed by atoms with Gasteiger partial charge in [-0.3, -0.25) is 0 Å². The summed E-state index contributed by atoms with van der Waals surface area (Å²) in [5, 5.41) is 2.66. The summed E-state index contributed by atoms with van der Waals surface area (Å²) in [6.07, 6.45) is 8.15. The number of aromatic nitrogens is 2. The number of nitrogens with one attached hydrogen (secondary N) is 1. The third-order valence-electron chi connectivity index (χ3n) is 3.61. The highest BCUT2D eigenvalue weighted by Crippen LogP contribution is 2.37. The number of benzene rings is 2. The van der Waals surface area contributed by atoms with E-state index in [0.717, 1.165) is 5.69 Å². The number of hydrogen-bond donors (Lipinski definition) is 1. The zero-order valence-electron chi connectivity index (χ0n) is 9.80. The van der Waals surface area contributed by atoms with Gasteiger partial charge in [-0.05, 0) is 21.9 Å². The zero-order valence-corrected chi connectivity index (χ0v) is 9.80. The van der Waals surface area contributed by atoms with Gasteiger partial charge in [0.1, 0.15) is 0 Å². The summed E-state index contributed by atoms with van der Waals surface area (Å²) in [5.74, 6) is 0.259. The lowest BCUT2D eigenvalue weighted by molar-refractivity contribution is 0.982. The van der Waals surface area contributed by atoms with Crippen LogP contribution in [0.3, 0.4) is 0 Å². The normalized spacial score (nSPS) is 17.2. The SMILES string of the molecule is C1=CC(c2c[nH]cn2)c2cccc3cccc1c23. The molecule has 2 heteroatoms. The summed E-state index contributed by atoms with van der Waals surface area (Å²) in [6.45, 7) is 0. The van der Waals surface area contributed by atoms with Crippen molar-refractivity contribution in [2.45, 2.75) is 5.92 Å². The molecule has 0 amide bonds. The van der Waals surface area contributed by atoms with Crippen molar-refractivity contribution in [2.75, 3.05) is 0 Å². The highest BCUT2D eigenvalue weighted by molar-refractivity contribution is 5.96. The van der Waals surface area contributed by atoms with Crippen molar-refractivity contribution in [3.05, 3.63) is 71.8 Å². The Bertz CT molecular complexity index is 734. The molecule has 1 unspecified atom stereocenters. The average molecular weight is 232 g/mol. The van der Waals surface area contributed by atoms with Crippen LogP contribution in [0.15, 0.2) is 55.0 Å². The Balaban J connectivity index is 2.04. The van der Waals surface area contributed by atoms with E-state index < -0.39 is 0 Å². The third-order valence-corrected chi connectivity index (χ3v) is 3.61. The van der Waals surface area contributed by atoms with Gasteiger partial charge in [0, 0.05) is 12.1 Å². The van der Waals surface area contributed by atoms with Crippen molar-refractivity contribution in [1.29, 1.82) is 0 Å². The molecule has 1 atom stereocenters. The Hall–Kier alpha value is -2.35. The summed E-state index contributed by atoms with van der Waals surface area (Å²) >= 11 is 0. The highest BCUT2D eigenvalue weighted by atomic mass is 14.9. The van der Waals surface area contributed by atoms with Gasteiger partial charge in [0.05, 0.1) is 12.0 Å². The lowest BCUT2D eigenvalue weighted by Gasteiger charge is -2.19. The second-order valence-corrected chi connectivity index (χ2v) is 4.62. The van der Waals surface area contributed by atoms with E-state index in [4.69, 9.17) is 0 Å². The van der Waals surface area contributed by atoms with E-state index in [-0.39, 0.29) is 5.92 Å². The number of aromatic amines is 1. The number of H-pyrrole nitrogens is 1. The van der Waals surface area contributed by atoms with Crippen molar-refractivity contribution in [2.24, 2.45) is 0 Å². The van der Waals surface area contributed by atoms with Crippen LogP contribution in [0.25, 0.3) is 16.8 Å². The predicted octanol–water partition coefficient (Wildman–Crippen LogP) is 3.72. The van der Waals surface area contributed by atoms with Gasteiger partial charge in [-0.15, -0.1) is 0 Å². The Morgan fingerprint density at radius 2 is 1.94 bits per heavy atom. The van der Waals surface area contributed by atoms with Crippen LogP contribution < -0.4 is 0 Å². The van der Waals surface area contributed by atoms with E-state index in [1.54, 1.807) is 6.33 Å². The van der Waals surface area contributed by atoms with Crippen LogP contribution in [0.5, 0.6) is 0 Å². The van der Waals surface area contributed by atoms with Crippen molar-refractivity contribution < 1.29 is 0 Å². The van der Waals surface area contributed by atoms with Crippen LogP contribution in [-0.2, 0) is 0 Å². The molecular formula is C16H12N2. The topological polar surface area (TPSA) is 28.7 Å². The fraction of sp³-hybridized carbons (Fsp3) is 0.0625. The first-order chi connectivity index (χ1) is 8.93. The number of imidazole rings is 1. The molecule has 86 valence electrons. The highest BCUT2D eigenvalue weighted by Gasteiger charge is 2.19. The van der Waals surface area contributed by atoms with Crippen LogP contribution in [-0.4, -0.2) is 9.97 Å². The maximum Gasteiger partial charge on any atom is 0.0923 e. The molecule has 4 rings (SSSR count). The van der Waals surface area contributed by atoms with Crippen LogP contribution >= 0.6 is 0 Å². The first kappa shape index (κ1) is 9.66. The second kappa shape index (κ2) is 3.57. The van der Waals surface area contributed by atoms with Gasteiger partial charge in [0.25, 0.3) is 0 Å². The summed E-state index contributed by atoms with van der Waals surface area (Å²) in [4.78, 5) is 7.43. The van der Waals surface area contributed by atoms with E-state index in [2.05, 4.69) is 58.5 Å². The van der Waals surface area contributed by atoms with E-state index in [0.29, 0.717) is 0 Å². The van der Waals surface area contributed by atoms with Crippen molar-refractivity contribution in [3.63, 3.8) is 0 Å². The lowest BCUT2D eigenvalue weighted by atomic mass is 9.85. The molecule has 0 spiro atoms. The molecule has 0 fully saturated rings. The van der Waals surface area contributed by atoms with E-state index >= 15 is 0 Å². The Morgan fingerprint density at radius 3 is 2.78 bits per heavy atom. The van der Waals surface area contributed by atoms with Crippen LogP contribution in [0.2, 0.25) is 0 Å². The number of allylic oxidation sites excluding steroid dienone is 1. The minimum atomic E-state index is 0.259. The molecule has 18 heavy (non-hydrogen) atoms. The molecule has 1 aliphatic rings. The average Bonchev–Trinajstić information content (AvgIpc) is 2.94. The molecule has 2 nitrogen and oxygen atoms in total. The number of hydrogen-bond acceptors (Lipinski definition) is 1. The van der Waals surface area contributed by atoms with Gasteiger partial charge in [0.2, 0.25) is 0 Å². The Labute approximate surface area is 105 Å². The van der Waals surface area contributed by atoms with Gasteiger partial charge in [-0.1, -0.05) is 48.6 Å². The molecule has 0 saturated carbocycles. The Kier molecular flexibility index (Phi) is 1.92. The fourth-order valence-electron chi connectivity index (χ4n) is 2.80. The van der Waals surface area contributed by atoms with Crippen LogP contribution in [0, 0.1) is 0 Å². The third kappa shape index (κ3) is 1.26. The fourth-order valence-corrected chi connectivity index (χ4v) is 2.80. The molecule has 2 aromatic carbocycles. The first-order valence-corrected chi connectivity index (χ1v) is 6.12. The molecule has 0 radical (unpaired) electrons. The quantitative estimate of drug-likeness (QED) is 0.680. The van der Waals surface area contributed by atoms with Crippen molar-refractivity contribution in [1.82, 2.24) is 9.97 Å². The molecule has 0 aliphatic heterocycles. The van der Waals surface area contributed by atoms with Crippen LogP contribution in [0.4, 0.5) is 0 Å². The second-order valence-electron chi connectivity index (χ2n) is 4.62. The predicted molar refractivity (Wildman–Crippen MR) is 73.4 cm³/mol. The van der Waals surface area contributed by atoms with Gasteiger partial charge in [0.15, 0.2) is 0 Å². The summed E-state index contributed by atoms with van der Waals surface area (Å²) in [7, 11) is 0. The number of rotatable bonds is 1. The van der Waals surface area contributed by atoms with Crippen molar-refractivity contribution in [3.8, 4) is 0 Å². The maximum absolute atomic E-state index is 4.39. The molecule has 3 aromatic rings. The standard InChI is InChI=1S/C16H12N2/c1-3-11-5-2-6-14-13(15-9-17-10-18-15)8-7-12(4-1)16(11)14/h1-10,13H,(H,17,18). The molecule has 1 aromatic heterocycles. The zero-order chi connectivity index (χ0) is 11.9. The van der Waals surface area contributed by atoms with Gasteiger partial charge < -0.3 is 4.98 Å². The number of nitrogens with zero attached hydrogens (tertiary/aromatic N) is 1. The maximum atomic E-state index is 4.39. The molecule has 0 saturated heterocycles. The summed E-state index contributed by atoms with van der Waals surface area (Å²) < 4.78 is 0. The monoisotopic (exact) mass is 232 g/mol. The molecule has 0 bridgehead atoms. The van der Waals surface area contributed by atoms with Crippen LogP contribution in [0.1, 0.15) is 22.7 Å². The van der Waals surface area contributed by atoms with Gasteiger partial charge >= 0.3 is 0 Å². The summed E-state index contributed by atoms with van der Waals surface area (Å²) in [6, 6.07) is 12.9. The molecular weight excluding hydrogens is 220 g/mol. The van der Waals surface area contributed by atoms with Crippen molar-refractivity contribution >= 4 is 16.8 Å². The summed E-state index contributed by atoms with van der Waals surface area (Å²) in [5.41, 5.74) is 3.72. The molecule has 1 heterocycles. The molecule has 1 N–H and O–H groups in total. The largest absolute Gasteiger partial charge is 0.351 e. The van der Waals surface area contributed by atoms with E-state index in [1.165, 1.54) is 21.9 Å². The smallest absolute Gasteiger partial charge is 0.0923 e. The first-order valence-electron chi connectivity index (χ1n) is 6.12. The lowest BCUT2D eigenvalue weighted by Crippen LogP contribution is -2.03.